The number of ether oxygens (including phenoxy) is 1. The van der Waals surface area contributed by atoms with E-state index in [1.807, 2.05) is 0 Å². The second kappa shape index (κ2) is 7.72. The van der Waals surface area contributed by atoms with Gasteiger partial charge in [0.05, 0.1) is 9.85 Å². The van der Waals surface area contributed by atoms with Crippen molar-refractivity contribution < 1.29 is 23.4 Å². The van der Waals surface area contributed by atoms with Crippen LogP contribution < -0.4 is 10.1 Å². The average Bonchev–Trinajstić information content (AvgIpc) is 2.54. The lowest BCUT2D eigenvalue weighted by atomic mass is 10.0. The van der Waals surface area contributed by atoms with Crippen molar-refractivity contribution in [2.75, 3.05) is 5.32 Å². The quantitative estimate of drug-likeness (QED) is 0.567. The molecule has 10 heteroatoms. The van der Waals surface area contributed by atoms with Crippen molar-refractivity contribution in [1.29, 1.82) is 0 Å². The third kappa shape index (κ3) is 4.41. The highest BCUT2D eigenvalue weighted by Gasteiger charge is 2.20. The molecule has 0 spiro atoms. The summed E-state index contributed by atoms with van der Waals surface area (Å²) in [6.45, 7) is 0.120. The molecule has 0 aliphatic rings. The summed E-state index contributed by atoms with van der Waals surface area (Å²) in [5.41, 5.74) is 0.768. The van der Waals surface area contributed by atoms with Crippen molar-refractivity contribution in [2.24, 2.45) is 0 Å². The van der Waals surface area contributed by atoms with Gasteiger partial charge in [-0.15, -0.1) is 0 Å². The summed E-state index contributed by atoms with van der Waals surface area (Å²) in [5.74, 6) is -0.572. The predicted molar refractivity (Wildman–Crippen MR) is 89.6 cm³/mol. The third-order valence-electron chi connectivity index (χ3n) is 3.69. The molecule has 0 bridgehead atoms. The number of anilines is 1. The molecular formula is C16H15F2N3O5. The van der Waals surface area contributed by atoms with Crippen LogP contribution in [0, 0.1) is 27.2 Å². The van der Waals surface area contributed by atoms with Crippen LogP contribution >= 0.6 is 0 Å². The maximum Gasteiger partial charge on any atom is 0.387 e. The summed E-state index contributed by atoms with van der Waals surface area (Å²) >= 11 is 0. The number of rotatable bonds is 7. The molecule has 138 valence electrons. The van der Waals surface area contributed by atoms with Crippen LogP contribution in [0.2, 0.25) is 0 Å². The number of nitrogens with zero attached hydrogens (tertiary/aromatic N) is 2. The number of hydrogen-bond donors (Lipinski definition) is 1. The van der Waals surface area contributed by atoms with Crippen molar-refractivity contribution in [3.8, 4) is 5.75 Å². The molecule has 0 heterocycles. The van der Waals surface area contributed by atoms with Gasteiger partial charge in [-0.25, -0.2) is 0 Å². The van der Waals surface area contributed by atoms with Crippen LogP contribution in [0.25, 0.3) is 0 Å². The van der Waals surface area contributed by atoms with E-state index in [0.29, 0.717) is 16.8 Å². The minimum Gasteiger partial charge on any atom is -0.427 e. The summed E-state index contributed by atoms with van der Waals surface area (Å²) in [6.07, 6.45) is 0. The zero-order chi connectivity index (χ0) is 19.4. The SMILES string of the molecule is Cc1ccc(C(C)Nc2ccc([N+](=O)[O-])c(OC(F)F)c2)cc1[N+](=O)[O-]. The Morgan fingerprint density at radius 2 is 1.69 bits per heavy atom. The Hall–Kier alpha value is -3.30. The molecule has 0 aliphatic carbocycles. The molecule has 0 aliphatic heterocycles. The van der Waals surface area contributed by atoms with Gasteiger partial charge >= 0.3 is 12.3 Å². The lowest BCUT2D eigenvalue weighted by Crippen LogP contribution is -2.09. The molecule has 2 aromatic carbocycles. The molecule has 8 nitrogen and oxygen atoms in total. The Balaban J connectivity index is 2.28. The molecule has 1 unspecified atom stereocenters. The van der Waals surface area contributed by atoms with E-state index >= 15 is 0 Å². The van der Waals surface area contributed by atoms with E-state index in [1.165, 1.54) is 12.1 Å². The van der Waals surface area contributed by atoms with Crippen LogP contribution in [-0.4, -0.2) is 16.5 Å². The molecule has 26 heavy (non-hydrogen) atoms. The Kier molecular flexibility index (Phi) is 5.65. The molecule has 2 rings (SSSR count). The van der Waals surface area contributed by atoms with Crippen LogP contribution in [0.1, 0.15) is 24.1 Å². The van der Waals surface area contributed by atoms with E-state index in [4.69, 9.17) is 0 Å². The molecule has 2 aromatic rings. The number of benzene rings is 2. The van der Waals surface area contributed by atoms with Gasteiger partial charge in [-0.2, -0.15) is 8.78 Å². The van der Waals surface area contributed by atoms with Gasteiger partial charge in [0.15, 0.2) is 0 Å². The number of nitro groups is 2. The number of nitrogens with one attached hydrogen (secondary N) is 1. The van der Waals surface area contributed by atoms with Gasteiger partial charge in [0.1, 0.15) is 0 Å². The predicted octanol–water partition coefficient (Wildman–Crippen LogP) is 4.59. The highest BCUT2D eigenvalue weighted by Crippen LogP contribution is 2.33. The molecular weight excluding hydrogens is 352 g/mol. The van der Waals surface area contributed by atoms with E-state index in [0.717, 1.165) is 12.1 Å². The molecule has 1 atom stereocenters. The largest absolute Gasteiger partial charge is 0.427 e. The van der Waals surface area contributed by atoms with Gasteiger partial charge in [-0.05, 0) is 25.5 Å². The smallest absolute Gasteiger partial charge is 0.387 e. The number of alkyl halides is 2. The second-order valence-electron chi connectivity index (χ2n) is 5.49. The van der Waals surface area contributed by atoms with E-state index in [2.05, 4.69) is 10.1 Å². The first kappa shape index (κ1) is 19.0. The minimum atomic E-state index is -3.21. The first-order valence-electron chi connectivity index (χ1n) is 7.43. The summed E-state index contributed by atoms with van der Waals surface area (Å²) in [4.78, 5) is 20.6. The monoisotopic (exact) mass is 367 g/mol. The number of nitro benzene ring substituents is 2. The topological polar surface area (TPSA) is 108 Å². The first-order valence-corrected chi connectivity index (χ1v) is 7.43. The maximum atomic E-state index is 12.5. The van der Waals surface area contributed by atoms with Crippen molar-refractivity contribution in [1.82, 2.24) is 0 Å². The Bertz CT molecular complexity index is 845. The Morgan fingerprint density at radius 1 is 1.04 bits per heavy atom. The summed E-state index contributed by atoms with van der Waals surface area (Å²) in [7, 11) is 0. The first-order chi connectivity index (χ1) is 12.2. The lowest BCUT2D eigenvalue weighted by molar-refractivity contribution is -0.386. The zero-order valence-electron chi connectivity index (χ0n) is 13.8. The fourth-order valence-electron chi connectivity index (χ4n) is 2.37. The standard InChI is InChI=1S/C16H15F2N3O5/c1-9-3-4-11(7-14(9)21(24)25)10(2)19-12-5-6-13(20(22)23)15(8-12)26-16(17)18/h3-8,10,16,19H,1-2H3. The second-order valence-corrected chi connectivity index (χ2v) is 5.49. The van der Waals surface area contributed by atoms with Crippen LogP contribution in [-0.2, 0) is 0 Å². The van der Waals surface area contributed by atoms with E-state index in [1.54, 1.807) is 26.0 Å². The normalized spacial score (nSPS) is 11.9. The summed E-state index contributed by atoms with van der Waals surface area (Å²) in [6, 6.07) is 7.77. The van der Waals surface area contributed by atoms with Crippen LogP contribution in [0.5, 0.6) is 5.75 Å². The average molecular weight is 367 g/mol. The van der Waals surface area contributed by atoms with E-state index < -0.39 is 33.9 Å². The molecule has 0 amide bonds. The number of halogens is 2. The fraction of sp³-hybridized carbons (Fsp3) is 0.250. The van der Waals surface area contributed by atoms with Crippen LogP contribution in [0.4, 0.5) is 25.8 Å². The van der Waals surface area contributed by atoms with Gasteiger partial charge < -0.3 is 10.1 Å². The molecule has 0 saturated heterocycles. The van der Waals surface area contributed by atoms with Crippen molar-refractivity contribution in [2.45, 2.75) is 26.5 Å². The molecule has 0 radical (unpaired) electrons. The lowest BCUT2D eigenvalue weighted by Gasteiger charge is -2.17. The Morgan fingerprint density at radius 3 is 2.27 bits per heavy atom. The van der Waals surface area contributed by atoms with Gasteiger partial charge in [-0.1, -0.05) is 12.1 Å². The van der Waals surface area contributed by atoms with E-state index in [-0.39, 0.29) is 5.69 Å². The number of aryl methyl sites for hydroxylation is 1. The van der Waals surface area contributed by atoms with Crippen molar-refractivity contribution in [3.63, 3.8) is 0 Å². The minimum absolute atomic E-state index is 0.0402. The molecule has 0 fully saturated rings. The van der Waals surface area contributed by atoms with Gasteiger partial charge in [0, 0.05) is 35.5 Å². The molecule has 0 aromatic heterocycles. The molecule has 0 saturated carbocycles. The maximum absolute atomic E-state index is 12.5. The van der Waals surface area contributed by atoms with Gasteiger partial charge in [0.25, 0.3) is 5.69 Å². The van der Waals surface area contributed by atoms with E-state index in [9.17, 15) is 29.0 Å². The third-order valence-corrected chi connectivity index (χ3v) is 3.69. The highest BCUT2D eigenvalue weighted by atomic mass is 19.3. The van der Waals surface area contributed by atoms with Crippen molar-refractivity contribution in [3.05, 3.63) is 67.8 Å². The Labute approximate surface area is 146 Å². The van der Waals surface area contributed by atoms with Crippen LogP contribution in [0.15, 0.2) is 36.4 Å². The fourth-order valence-corrected chi connectivity index (χ4v) is 2.37. The van der Waals surface area contributed by atoms with Gasteiger partial charge in [-0.3, -0.25) is 20.2 Å². The number of hydrogen-bond acceptors (Lipinski definition) is 6. The van der Waals surface area contributed by atoms with Crippen LogP contribution in [0.3, 0.4) is 0 Å². The zero-order valence-corrected chi connectivity index (χ0v) is 13.8. The highest BCUT2D eigenvalue weighted by molar-refractivity contribution is 5.59. The molecule has 1 N–H and O–H groups in total. The summed E-state index contributed by atoms with van der Waals surface area (Å²) < 4.78 is 29.1. The summed E-state index contributed by atoms with van der Waals surface area (Å²) in [5, 5.41) is 24.9. The van der Waals surface area contributed by atoms with Crippen molar-refractivity contribution >= 4 is 17.1 Å². The van der Waals surface area contributed by atoms with Gasteiger partial charge in [0.2, 0.25) is 5.75 Å².